The summed E-state index contributed by atoms with van der Waals surface area (Å²) in [5.74, 6) is 3.45. The molecule has 41 heavy (non-hydrogen) atoms. The third-order valence-electron chi connectivity index (χ3n) is 6.90. The maximum absolute atomic E-state index is 13.2. The van der Waals surface area contributed by atoms with Gasteiger partial charge in [-0.15, -0.1) is 0 Å². The van der Waals surface area contributed by atoms with E-state index in [0.29, 0.717) is 72.0 Å². The minimum absolute atomic E-state index is 0.179. The molecule has 0 atom stereocenters. The number of rotatable bonds is 10. The van der Waals surface area contributed by atoms with Crippen LogP contribution in [0.1, 0.15) is 16.7 Å². The van der Waals surface area contributed by atoms with Crippen LogP contribution in [0, 0.1) is 0 Å². The van der Waals surface area contributed by atoms with Gasteiger partial charge in [-0.25, -0.2) is 0 Å². The molecule has 0 bridgehead atoms. The third kappa shape index (κ3) is 6.66. The highest BCUT2D eigenvalue weighted by atomic mass is 32.1. The van der Waals surface area contributed by atoms with Gasteiger partial charge in [0.25, 0.3) is 5.56 Å². The van der Waals surface area contributed by atoms with Crippen molar-refractivity contribution in [2.45, 2.75) is 19.5 Å². The van der Waals surface area contributed by atoms with E-state index in [1.54, 1.807) is 21.3 Å². The number of fused-ring (bicyclic) bond motifs is 2. The molecule has 1 aromatic heterocycles. The molecule has 1 aliphatic heterocycles. The number of hydrogen-bond acceptors (Lipinski definition) is 7. The largest absolute Gasteiger partial charge is 0.497 e. The van der Waals surface area contributed by atoms with Crippen LogP contribution in [-0.2, 0) is 19.5 Å². The first-order valence-corrected chi connectivity index (χ1v) is 13.7. The van der Waals surface area contributed by atoms with Gasteiger partial charge in [0.1, 0.15) is 19.0 Å². The highest BCUT2D eigenvalue weighted by molar-refractivity contribution is 7.80. The summed E-state index contributed by atoms with van der Waals surface area (Å²) in [6, 6.07) is 19.3. The Morgan fingerprint density at radius 2 is 1.59 bits per heavy atom. The minimum atomic E-state index is -0.179. The number of aromatic amines is 1. The Morgan fingerprint density at radius 1 is 0.878 bits per heavy atom. The molecule has 5 rings (SSSR count). The molecule has 0 amide bonds. The summed E-state index contributed by atoms with van der Waals surface area (Å²) < 4.78 is 27.5. The monoisotopic (exact) mass is 575 g/mol. The van der Waals surface area contributed by atoms with Crippen molar-refractivity contribution >= 4 is 28.2 Å². The van der Waals surface area contributed by atoms with Crippen molar-refractivity contribution in [2.24, 2.45) is 0 Å². The zero-order valence-corrected chi connectivity index (χ0v) is 24.1. The van der Waals surface area contributed by atoms with Gasteiger partial charge in [-0.2, -0.15) is 0 Å². The number of nitrogens with one attached hydrogen (secondary N) is 2. The molecular formula is C31H33N3O6S. The fourth-order valence-corrected chi connectivity index (χ4v) is 4.95. The first-order valence-electron chi connectivity index (χ1n) is 13.3. The zero-order chi connectivity index (χ0) is 28.8. The second-order valence-electron chi connectivity index (χ2n) is 9.58. The molecule has 1 aliphatic rings. The van der Waals surface area contributed by atoms with E-state index in [2.05, 4.69) is 10.3 Å². The van der Waals surface area contributed by atoms with Gasteiger partial charge in [0, 0.05) is 30.1 Å². The molecule has 2 heterocycles. The van der Waals surface area contributed by atoms with Gasteiger partial charge in [-0.1, -0.05) is 18.2 Å². The Hall–Kier alpha value is -4.44. The molecule has 0 saturated carbocycles. The lowest BCUT2D eigenvalue weighted by atomic mass is 10.1. The average Bonchev–Trinajstić information content (AvgIpc) is 3.00. The highest BCUT2D eigenvalue weighted by Crippen LogP contribution is 2.34. The Morgan fingerprint density at radius 3 is 2.29 bits per heavy atom. The van der Waals surface area contributed by atoms with Crippen LogP contribution in [0.4, 0.5) is 0 Å². The van der Waals surface area contributed by atoms with Crippen LogP contribution in [-0.4, -0.2) is 56.1 Å². The predicted molar refractivity (Wildman–Crippen MR) is 162 cm³/mol. The Kier molecular flexibility index (Phi) is 8.79. The van der Waals surface area contributed by atoms with E-state index < -0.39 is 0 Å². The van der Waals surface area contributed by atoms with E-state index >= 15 is 0 Å². The van der Waals surface area contributed by atoms with E-state index in [1.165, 1.54) is 0 Å². The third-order valence-corrected chi connectivity index (χ3v) is 7.31. The molecule has 0 fully saturated rings. The number of benzene rings is 3. The number of ether oxygens (including phenoxy) is 5. The lowest BCUT2D eigenvalue weighted by Gasteiger charge is -2.26. The van der Waals surface area contributed by atoms with Crippen LogP contribution >= 0.6 is 12.2 Å². The second-order valence-corrected chi connectivity index (χ2v) is 9.97. The topological polar surface area (TPSA) is 94.3 Å². The summed E-state index contributed by atoms with van der Waals surface area (Å²) in [6.45, 7) is 2.40. The number of H-pyrrole nitrogens is 1. The number of pyridine rings is 1. The van der Waals surface area contributed by atoms with Crippen LogP contribution in [0.5, 0.6) is 28.7 Å². The summed E-state index contributed by atoms with van der Waals surface area (Å²) in [4.78, 5) is 18.1. The summed E-state index contributed by atoms with van der Waals surface area (Å²) in [6.07, 6.45) is 0.723. The molecule has 10 heteroatoms. The van der Waals surface area contributed by atoms with Crippen molar-refractivity contribution in [1.82, 2.24) is 15.2 Å². The summed E-state index contributed by atoms with van der Waals surface area (Å²) in [7, 11) is 4.88. The van der Waals surface area contributed by atoms with Crippen molar-refractivity contribution in [3.05, 3.63) is 87.7 Å². The molecule has 4 aromatic rings. The van der Waals surface area contributed by atoms with Crippen LogP contribution in [0.2, 0.25) is 0 Å². The average molecular weight is 576 g/mol. The maximum Gasteiger partial charge on any atom is 0.253 e. The molecule has 9 nitrogen and oxygen atoms in total. The fraction of sp³-hybridized carbons (Fsp3) is 0.290. The summed E-state index contributed by atoms with van der Waals surface area (Å²) in [5, 5.41) is 4.78. The molecule has 3 aromatic carbocycles. The van der Waals surface area contributed by atoms with E-state index in [4.69, 9.17) is 35.9 Å². The second kappa shape index (κ2) is 12.8. The summed E-state index contributed by atoms with van der Waals surface area (Å²) in [5.41, 5.74) is 3.22. The van der Waals surface area contributed by atoms with E-state index in [-0.39, 0.29) is 5.56 Å². The summed E-state index contributed by atoms with van der Waals surface area (Å²) >= 11 is 5.84. The van der Waals surface area contributed by atoms with Gasteiger partial charge >= 0.3 is 0 Å². The molecule has 0 spiro atoms. The number of hydrogen-bond donors (Lipinski definition) is 2. The van der Waals surface area contributed by atoms with Crippen LogP contribution in [0.25, 0.3) is 10.9 Å². The molecule has 0 unspecified atom stereocenters. The number of nitrogens with zero attached hydrogens (tertiary/aromatic N) is 1. The molecule has 0 radical (unpaired) electrons. The van der Waals surface area contributed by atoms with Crippen molar-refractivity contribution in [1.29, 1.82) is 0 Å². The van der Waals surface area contributed by atoms with E-state index in [1.807, 2.05) is 65.6 Å². The standard InChI is InChI=1S/C31H33N3O6S/c1-36-24-7-4-21(5-8-24)18-34(31(41)32-11-10-20-6-9-26(37-2)27(14-20)38-3)19-23-15-22-16-28-29(40-13-12-39-28)17-25(22)33-30(23)35/h4-9,14-17H,10-13,18-19H2,1-3H3,(H,32,41)(H,33,35). The Labute approximate surface area is 243 Å². The first kappa shape index (κ1) is 28.1. The molecule has 0 aliphatic carbocycles. The zero-order valence-electron chi connectivity index (χ0n) is 23.3. The number of methoxy groups -OCH3 is 3. The van der Waals surface area contributed by atoms with Crippen LogP contribution < -0.4 is 34.6 Å². The van der Waals surface area contributed by atoms with Crippen molar-refractivity contribution < 1.29 is 23.7 Å². The van der Waals surface area contributed by atoms with Crippen molar-refractivity contribution in [3.8, 4) is 28.7 Å². The van der Waals surface area contributed by atoms with Gasteiger partial charge in [-0.3, -0.25) is 4.79 Å². The van der Waals surface area contributed by atoms with Gasteiger partial charge in [-0.05, 0) is 66.2 Å². The molecular weight excluding hydrogens is 542 g/mol. The van der Waals surface area contributed by atoms with Gasteiger partial charge in [0.2, 0.25) is 0 Å². The highest BCUT2D eigenvalue weighted by Gasteiger charge is 2.17. The quantitative estimate of drug-likeness (QED) is 0.266. The van der Waals surface area contributed by atoms with Gasteiger partial charge in [0.05, 0.1) is 33.4 Å². The van der Waals surface area contributed by atoms with Crippen molar-refractivity contribution in [2.75, 3.05) is 41.1 Å². The number of thiocarbonyl (C=S) groups is 1. The normalized spacial score (nSPS) is 12.1. The van der Waals surface area contributed by atoms with Gasteiger partial charge < -0.3 is 38.9 Å². The minimum Gasteiger partial charge on any atom is -0.497 e. The Bertz CT molecular complexity index is 1590. The fourth-order valence-electron chi connectivity index (χ4n) is 4.72. The van der Waals surface area contributed by atoms with Crippen LogP contribution in [0.3, 0.4) is 0 Å². The molecule has 214 valence electrons. The predicted octanol–water partition coefficient (Wildman–Crippen LogP) is 4.44. The van der Waals surface area contributed by atoms with Gasteiger partial charge in [0.15, 0.2) is 28.1 Å². The van der Waals surface area contributed by atoms with Crippen LogP contribution in [0.15, 0.2) is 65.5 Å². The SMILES string of the molecule is COc1ccc(CN(Cc2cc3cc4c(cc3[nH]c2=O)OCCO4)C(=S)NCCc2ccc(OC)c(OC)c2)cc1. The molecule has 0 saturated heterocycles. The Balaban J connectivity index is 1.35. The lowest BCUT2D eigenvalue weighted by Crippen LogP contribution is -2.40. The van der Waals surface area contributed by atoms with E-state index in [0.717, 1.165) is 28.7 Å². The number of aromatic nitrogens is 1. The van der Waals surface area contributed by atoms with Crippen molar-refractivity contribution in [3.63, 3.8) is 0 Å². The molecule has 2 N–H and O–H groups in total. The smallest absolute Gasteiger partial charge is 0.253 e. The first-order chi connectivity index (χ1) is 20.0. The van der Waals surface area contributed by atoms with E-state index in [9.17, 15) is 4.79 Å². The lowest BCUT2D eigenvalue weighted by molar-refractivity contribution is 0.172. The maximum atomic E-state index is 13.2.